The number of rotatable bonds is 6. The van der Waals surface area contributed by atoms with Gasteiger partial charge >= 0.3 is 0 Å². The molecule has 0 bridgehead atoms. The molecule has 2 fully saturated rings. The average Bonchev–Trinajstić information content (AvgIpc) is 2.78. The van der Waals surface area contributed by atoms with Crippen molar-refractivity contribution in [3.8, 4) is 0 Å². The highest BCUT2D eigenvalue weighted by molar-refractivity contribution is 5.99. The number of para-hydroxylation sites is 2. The smallest absolute Gasteiger partial charge is 0.274 e. The third kappa shape index (κ3) is 5.14. The number of nitrogens with two attached hydrogens (primary N) is 1. The summed E-state index contributed by atoms with van der Waals surface area (Å²) in [5.74, 6) is 0.311. The Morgan fingerprint density at radius 3 is 2.58 bits per heavy atom. The van der Waals surface area contributed by atoms with Crippen LogP contribution >= 0.6 is 0 Å². The lowest BCUT2D eigenvalue weighted by Crippen LogP contribution is -2.54. The molecule has 5 N–H and O–H groups in total. The molecule has 2 aromatic rings. The summed E-state index contributed by atoms with van der Waals surface area (Å²) < 4.78 is 0. The monoisotopic (exact) mass is 426 g/mol. The van der Waals surface area contributed by atoms with Crippen molar-refractivity contribution in [3.05, 3.63) is 30.0 Å². The number of aliphatic hydroxyl groups is 1. The molecule has 168 valence electrons. The molecule has 3 atom stereocenters. The molecule has 1 aromatic heterocycles. The van der Waals surface area contributed by atoms with E-state index in [2.05, 4.69) is 20.5 Å². The second-order valence-corrected chi connectivity index (χ2v) is 8.93. The maximum absolute atomic E-state index is 12.9. The first-order valence-corrected chi connectivity index (χ1v) is 11.5. The van der Waals surface area contributed by atoms with Gasteiger partial charge in [-0.15, -0.1) is 0 Å². The van der Waals surface area contributed by atoms with Crippen LogP contribution in [0, 0.1) is 5.92 Å². The minimum Gasteiger partial charge on any atom is -0.396 e. The third-order valence-electron chi connectivity index (χ3n) is 6.45. The number of benzene rings is 1. The number of amides is 1. The topological polar surface area (TPSA) is 116 Å². The van der Waals surface area contributed by atoms with E-state index in [0.29, 0.717) is 23.9 Å². The molecule has 1 saturated heterocycles. The van der Waals surface area contributed by atoms with Crippen LogP contribution in [0.4, 0.5) is 5.82 Å². The largest absolute Gasteiger partial charge is 0.396 e. The van der Waals surface area contributed by atoms with Crippen molar-refractivity contribution in [2.45, 2.75) is 63.7 Å². The van der Waals surface area contributed by atoms with Gasteiger partial charge in [0.2, 0.25) is 0 Å². The molecular formula is C23H34N6O2. The van der Waals surface area contributed by atoms with Crippen LogP contribution in [0.3, 0.4) is 0 Å². The fourth-order valence-corrected chi connectivity index (χ4v) is 4.84. The molecule has 31 heavy (non-hydrogen) atoms. The molecule has 4 rings (SSSR count). The number of aliphatic hydroxyl groups excluding tert-OH is 1. The van der Waals surface area contributed by atoms with Crippen LogP contribution in [0.5, 0.6) is 0 Å². The number of aromatic nitrogens is 2. The van der Waals surface area contributed by atoms with Crippen molar-refractivity contribution in [1.82, 2.24) is 20.6 Å². The average molecular weight is 427 g/mol. The van der Waals surface area contributed by atoms with Crippen LogP contribution in [0.1, 0.15) is 55.9 Å². The predicted octanol–water partition coefficient (Wildman–Crippen LogP) is 1.77. The number of fused-ring (bicyclic) bond motifs is 1. The van der Waals surface area contributed by atoms with Crippen molar-refractivity contribution >= 4 is 22.8 Å². The van der Waals surface area contributed by atoms with Gasteiger partial charge in [0, 0.05) is 37.7 Å². The summed E-state index contributed by atoms with van der Waals surface area (Å²) in [6.45, 7) is 3.21. The lowest BCUT2D eigenvalue weighted by Gasteiger charge is -2.41. The fraction of sp³-hybridized carbons (Fsp3) is 0.609. The van der Waals surface area contributed by atoms with Gasteiger partial charge in [-0.1, -0.05) is 31.4 Å². The molecule has 0 radical (unpaired) electrons. The molecule has 1 aliphatic carbocycles. The van der Waals surface area contributed by atoms with Gasteiger partial charge in [-0.3, -0.25) is 4.79 Å². The Bertz CT molecular complexity index is 899. The first-order valence-electron chi connectivity index (χ1n) is 11.5. The van der Waals surface area contributed by atoms with Gasteiger partial charge in [0.05, 0.1) is 17.2 Å². The van der Waals surface area contributed by atoms with Gasteiger partial charge < -0.3 is 26.4 Å². The van der Waals surface area contributed by atoms with Crippen molar-refractivity contribution < 1.29 is 9.90 Å². The minimum absolute atomic E-state index is 0.0771. The van der Waals surface area contributed by atoms with Gasteiger partial charge in [0.15, 0.2) is 11.5 Å². The number of carbonyl (C=O) groups is 1. The Balaban J connectivity index is 1.57. The van der Waals surface area contributed by atoms with E-state index >= 15 is 0 Å². The summed E-state index contributed by atoms with van der Waals surface area (Å²) in [7, 11) is 0. The van der Waals surface area contributed by atoms with Crippen LogP contribution in [0.2, 0.25) is 0 Å². The van der Waals surface area contributed by atoms with Crippen molar-refractivity contribution in [1.29, 1.82) is 0 Å². The molecule has 2 aliphatic rings. The summed E-state index contributed by atoms with van der Waals surface area (Å²) in [4.78, 5) is 24.4. The maximum Gasteiger partial charge on any atom is 0.274 e. The van der Waals surface area contributed by atoms with E-state index in [4.69, 9.17) is 10.7 Å². The van der Waals surface area contributed by atoms with Crippen LogP contribution < -0.4 is 21.3 Å². The summed E-state index contributed by atoms with van der Waals surface area (Å²) in [5, 5.41) is 16.7. The first-order chi connectivity index (χ1) is 15.0. The van der Waals surface area contributed by atoms with Crippen LogP contribution in [0.25, 0.3) is 11.0 Å². The summed E-state index contributed by atoms with van der Waals surface area (Å²) in [5.41, 5.74) is 7.49. The Kier molecular flexibility index (Phi) is 6.99. The molecule has 1 amide bonds. The fourth-order valence-electron chi connectivity index (χ4n) is 4.84. The Morgan fingerprint density at radius 1 is 1.19 bits per heavy atom. The molecule has 3 unspecified atom stereocenters. The lowest BCUT2D eigenvalue weighted by atomic mass is 9.89. The van der Waals surface area contributed by atoms with E-state index in [1.807, 2.05) is 24.3 Å². The standard InChI is InChI=1S/C23H34N6O2/c1-15(24)25-23(31)21-22(28-20-10-6-5-9-19(20)27-21)29-12-11-18(16(13-29)14-30)26-17-7-3-2-4-8-17/h5-6,9-10,15-18,26,30H,2-4,7-8,11-14,24H2,1H3,(H,25,31). The Labute approximate surface area is 183 Å². The molecule has 1 saturated carbocycles. The third-order valence-corrected chi connectivity index (χ3v) is 6.45. The van der Waals surface area contributed by atoms with E-state index in [-0.39, 0.29) is 30.2 Å². The van der Waals surface area contributed by atoms with E-state index in [1.165, 1.54) is 32.1 Å². The molecule has 8 heteroatoms. The second kappa shape index (κ2) is 9.89. The molecule has 8 nitrogen and oxygen atoms in total. The lowest BCUT2D eigenvalue weighted by molar-refractivity contribution is 0.0936. The molecule has 1 aliphatic heterocycles. The van der Waals surface area contributed by atoms with E-state index in [9.17, 15) is 9.90 Å². The SMILES string of the molecule is CC(N)NC(=O)c1nc2ccccc2nc1N1CCC(NC2CCCCC2)C(CO)C1. The summed E-state index contributed by atoms with van der Waals surface area (Å²) in [6.07, 6.45) is 6.74. The number of hydrogen-bond donors (Lipinski definition) is 4. The van der Waals surface area contributed by atoms with E-state index in [1.54, 1.807) is 6.92 Å². The highest BCUT2D eigenvalue weighted by Crippen LogP contribution is 2.28. The number of piperidine rings is 1. The van der Waals surface area contributed by atoms with Crippen LogP contribution in [-0.4, -0.2) is 58.9 Å². The van der Waals surface area contributed by atoms with Crippen molar-refractivity contribution in [2.75, 3.05) is 24.6 Å². The quantitative estimate of drug-likeness (QED) is 0.520. The minimum atomic E-state index is -0.482. The van der Waals surface area contributed by atoms with Crippen LogP contribution in [-0.2, 0) is 0 Å². The maximum atomic E-state index is 12.9. The van der Waals surface area contributed by atoms with Gasteiger partial charge in [-0.25, -0.2) is 9.97 Å². The number of nitrogens with zero attached hydrogens (tertiary/aromatic N) is 3. The van der Waals surface area contributed by atoms with Crippen molar-refractivity contribution in [3.63, 3.8) is 0 Å². The van der Waals surface area contributed by atoms with Gasteiger partial charge in [0.1, 0.15) is 0 Å². The van der Waals surface area contributed by atoms with Crippen LogP contribution in [0.15, 0.2) is 24.3 Å². The summed E-state index contributed by atoms with van der Waals surface area (Å²) in [6, 6.07) is 8.38. The predicted molar refractivity (Wildman–Crippen MR) is 122 cm³/mol. The Hall–Kier alpha value is -2.29. The van der Waals surface area contributed by atoms with Crippen molar-refractivity contribution in [2.24, 2.45) is 11.7 Å². The molecular weight excluding hydrogens is 392 g/mol. The zero-order valence-electron chi connectivity index (χ0n) is 18.3. The first kappa shape index (κ1) is 21.9. The highest BCUT2D eigenvalue weighted by Gasteiger charge is 2.33. The molecule has 0 spiro atoms. The number of hydrogen-bond acceptors (Lipinski definition) is 7. The Morgan fingerprint density at radius 2 is 1.90 bits per heavy atom. The molecule has 2 heterocycles. The molecule has 1 aromatic carbocycles. The van der Waals surface area contributed by atoms with E-state index in [0.717, 1.165) is 18.5 Å². The van der Waals surface area contributed by atoms with Gasteiger partial charge in [0.25, 0.3) is 5.91 Å². The number of carbonyl (C=O) groups excluding carboxylic acids is 1. The zero-order chi connectivity index (χ0) is 21.8. The second-order valence-electron chi connectivity index (χ2n) is 8.93. The highest BCUT2D eigenvalue weighted by atomic mass is 16.3. The van der Waals surface area contributed by atoms with Gasteiger partial charge in [-0.2, -0.15) is 0 Å². The number of anilines is 1. The normalized spacial score (nSPS) is 23.6. The number of nitrogens with one attached hydrogen (secondary N) is 2. The summed E-state index contributed by atoms with van der Waals surface area (Å²) >= 11 is 0. The van der Waals surface area contributed by atoms with Gasteiger partial charge in [-0.05, 0) is 38.3 Å². The van der Waals surface area contributed by atoms with E-state index < -0.39 is 6.17 Å². The zero-order valence-corrected chi connectivity index (χ0v) is 18.3.